The fourth-order valence-electron chi connectivity index (χ4n) is 5.83. The predicted octanol–water partition coefficient (Wildman–Crippen LogP) is 8.20. The van der Waals surface area contributed by atoms with Gasteiger partial charge in [0.2, 0.25) is 21.9 Å². The highest BCUT2D eigenvalue weighted by molar-refractivity contribution is 7.91. The maximum atomic E-state index is 13.2. The van der Waals surface area contributed by atoms with Crippen LogP contribution in [0.5, 0.6) is 11.6 Å². The average Bonchev–Trinajstić information content (AvgIpc) is 3.05. The number of likely N-dealkylation sites (tertiary alicyclic amines) is 1. The zero-order valence-electron chi connectivity index (χ0n) is 28.3. The van der Waals surface area contributed by atoms with E-state index >= 15 is 0 Å². The normalized spacial score (nSPS) is 15.1. The lowest BCUT2D eigenvalue weighted by atomic mass is 10.0. The van der Waals surface area contributed by atoms with Crippen LogP contribution < -0.4 is 14.8 Å². The molecule has 1 saturated heterocycles. The van der Waals surface area contributed by atoms with Gasteiger partial charge in [0.15, 0.2) is 0 Å². The number of anilines is 2. The predicted molar refractivity (Wildman–Crippen MR) is 196 cm³/mol. The van der Waals surface area contributed by atoms with Crippen LogP contribution in [0.4, 0.5) is 16.4 Å². The molecule has 11 nitrogen and oxygen atoms in total. The van der Waals surface area contributed by atoms with E-state index in [9.17, 15) is 13.2 Å². The minimum Gasteiger partial charge on any atom is -0.444 e. The van der Waals surface area contributed by atoms with Crippen molar-refractivity contribution < 1.29 is 22.7 Å². The summed E-state index contributed by atoms with van der Waals surface area (Å²) >= 11 is 6.08. The van der Waals surface area contributed by atoms with Gasteiger partial charge >= 0.3 is 6.09 Å². The highest BCUT2D eigenvalue weighted by Gasteiger charge is 2.28. The van der Waals surface area contributed by atoms with E-state index in [1.165, 1.54) is 0 Å². The van der Waals surface area contributed by atoms with Crippen molar-refractivity contribution in [2.24, 2.45) is 0 Å². The van der Waals surface area contributed by atoms with E-state index < -0.39 is 15.6 Å². The summed E-state index contributed by atoms with van der Waals surface area (Å²) in [6.07, 6.45) is 4.66. The van der Waals surface area contributed by atoms with Gasteiger partial charge in [-0.15, -0.1) is 0 Å². The van der Waals surface area contributed by atoms with Gasteiger partial charge in [0.25, 0.3) is 0 Å². The van der Waals surface area contributed by atoms with Crippen LogP contribution in [0.25, 0.3) is 22.0 Å². The van der Waals surface area contributed by atoms with Gasteiger partial charge in [0, 0.05) is 47.3 Å². The third-order valence-electron chi connectivity index (χ3n) is 8.03. The van der Waals surface area contributed by atoms with Crippen molar-refractivity contribution in [2.45, 2.75) is 57.9 Å². The number of aromatic nitrogens is 3. The number of piperidine rings is 1. The lowest BCUT2D eigenvalue weighted by molar-refractivity contribution is 0.0206. The summed E-state index contributed by atoms with van der Waals surface area (Å²) in [7, 11) is -3.76. The smallest absolute Gasteiger partial charge is 0.410 e. The van der Waals surface area contributed by atoms with Gasteiger partial charge < -0.3 is 19.7 Å². The molecule has 5 aromatic rings. The van der Waals surface area contributed by atoms with Crippen molar-refractivity contribution in [1.82, 2.24) is 19.9 Å². The summed E-state index contributed by atoms with van der Waals surface area (Å²) in [5, 5.41) is 5.24. The maximum absolute atomic E-state index is 13.2. The van der Waals surface area contributed by atoms with Crippen LogP contribution in [0.1, 0.15) is 44.7 Å². The molecule has 3 aromatic carbocycles. The second kappa shape index (κ2) is 14.5. The Kier molecular flexibility index (Phi) is 10.1. The first-order valence-electron chi connectivity index (χ1n) is 16.3. The second-order valence-corrected chi connectivity index (χ2v) is 15.4. The third kappa shape index (κ3) is 8.61. The number of hydrogen-bond acceptors (Lipinski definition) is 9. The summed E-state index contributed by atoms with van der Waals surface area (Å²) in [5.74, 6) is 1.06. The number of rotatable bonds is 9. The van der Waals surface area contributed by atoms with Gasteiger partial charge in [0.1, 0.15) is 11.4 Å². The molecule has 0 unspecified atom stereocenters. The molecule has 1 fully saturated rings. The number of carbonyl (C=O) groups is 1. The number of sulfonamides is 1. The molecule has 2 aromatic heterocycles. The Morgan fingerprint density at radius 3 is 2.62 bits per heavy atom. The number of halogens is 1. The molecule has 1 aliphatic heterocycles. The SMILES string of the molecule is Cc1ccc2c(NS(=O)(=O)Cc3cccc(Cl)c3)cccc2c1Oc1ncccc1-c1ccnc(N[C@H]2CCCN(C(=O)OC(C)(C)C)C2)n1. The van der Waals surface area contributed by atoms with Gasteiger partial charge in [-0.1, -0.05) is 48.0 Å². The monoisotopic (exact) mass is 714 g/mol. The van der Waals surface area contributed by atoms with Crippen LogP contribution in [-0.4, -0.2) is 59.1 Å². The molecule has 3 heterocycles. The average molecular weight is 715 g/mol. The minimum atomic E-state index is -3.76. The molecule has 1 amide bonds. The van der Waals surface area contributed by atoms with Crippen LogP contribution >= 0.6 is 11.6 Å². The van der Waals surface area contributed by atoms with Gasteiger partial charge in [-0.2, -0.15) is 0 Å². The molecule has 13 heteroatoms. The Hall–Kier alpha value is -4.94. The first-order valence-corrected chi connectivity index (χ1v) is 18.3. The Bertz CT molecular complexity index is 2140. The quantitative estimate of drug-likeness (QED) is 0.155. The van der Waals surface area contributed by atoms with E-state index in [-0.39, 0.29) is 17.9 Å². The highest BCUT2D eigenvalue weighted by atomic mass is 35.5. The first-order chi connectivity index (χ1) is 23.8. The van der Waals surface area contributed by atoms with Crippen molar-refractivity contribution in [2.75, 3.05) is 23.1 Å². The molecule has 1 atom stereocenters. The molecule has 260 valence electrons. The van der Waals surface area contributed by atoms with Crippen LogP contribution in [0.2, 0.25) is 5.02 Å². The zero-order valence-corrected chi connectivity index (χ0v) is 29.9. The Labute approximate surface area is 297 Å². The van der Waals surface area contributed by atoms with Crippen molar-refractivity contribution in [3.05, 3.63) is 101 Å². The largest absolute Gasteiger partial charge is 0.444 e. The van der Waals surface area contributed by atoms with Crippen molar-refractivity contribution in [3.63, 3.8) is 0 Å². The Morgan fingerprint density at radius 1 is 1.00 bits per heavy atom. The van der Waals surface area contributed by atoms with Gasteiger partial charge in [-0.25, -0.2) is 28.2 Å². The van der Waals surface area contributed by atoms with Crippen molar-refractivity contribution in [1.29, 1.82) is 0 Å². The molecule has 0 aliphatic carbocycles. The molecule has 2 N–H and O–H groups in total. The number of amides is 1. The van der Waals surface area contributed by atoms with E-state index in [0.29, 0.717) is 69.0 Å². The van der Waals surface area contributed by atoms with E-state index in [1.807, 2.05) is 52.0 Å². The minimum absolute atomic E-state index is 0.0495. The molecule has 0 saturated carbocycles. The number of carbonyl (C=O) groups excluding carboxylic acids is 1. The van der Waals surface area contributed by atoms with E-state index in [1.54, 1.807) is 65.8 Å². The number of nitrogens with one attached hydrogen (secondary N) is 2. The summed E-state index contributed by atoms with van der Waals surface area (Å²) in [6, 6.07) is 21.3. The number of nitrogens with zero attached hydrogens (tertiary/aromatic N) is 4. The molecule has 6 rings (SSSR count). The number of aryl methyl sites for hydroxylation is 1. The molecular weight excluding hydrogens is 676 g/mol. The third-order valence-corrected chi connectivity index (χ3v) is 9.51. The fraction of sp³-hybridized carbons (Fsp3) is 0.297. The summed E-state index contributed by atoms with van der Waals surface area (Å²) in [6.45, 7) is 8.60. The molecule has 0 spiro atoms. The lowest BCUT2D eigenvalue weighted by Gasteiger charge is -2.34. The Balaban J connectivity index is 1.23. The summed E-state index contributed by atoms with van der Waals surface area (Å²) in [5.41, 5.74) is 2.52. The zero-order chi connectivity index (χ0) is 35.5. The number of pyridine rings is 1. The Morgan fingerprint density at radius 2 is 1.82 bits per heavy atom. The van der Waals surface area contributed by atoms with Crippen LogP contribution in [-0.2, 0) is 20.5 Å². The maximum Gasteiger partial charge on any atom is 0.410 e. The molecule has 50 heavy (non-hydrogen) atoms. The van der Waals surface area contributed by atoms with E-state index in [2.05, 4.69) is 20.0 Å². The van der Waals surface area contributed by atoms with E-state index in [0.717, 1.165) is 18.4 Å². The van der Waals surface area contributed by atoms with Crippen LogP contribution in [0.3, 0.4) is 0 Å². The van der Waals surface area contributed by atoms with Crippen molar-refractivity contribution >= 4 is 50.1 Å². The van der Waals surface area contributed by atoms with Crippen molar-refractivity contribution in [3.8, 4) is 22.9 Å². The molecular formula is C37H39ClN6O5S. The van der Waals surface area contributed by atoms with E-state index in [4.69, 9.17) is 26.1 Å². The number of ether oxygens (including phenoxy) is 2. The summed E-state index contributed by atoms with van der Waals surface area (Å²) in [4.78, 5) is 28.2. The number of hydrogen-bond donors (Lipinski definition) is 2. The lowest BCUT2D eigenvalue weighted by Crippen LogP contribution is -2.47. The number of benzene rings is 3. The first kappa shape index (κ1) is 34.9. The van der Waals surface area contributed by atoms with Crippen LogP contribution in [0, 0.1) is 6.92 Å². The topological polar surface area (TPSA) is 136 Å². The standard InChI is InChI=1S/C37H39ClN6O5S/c1-24-15-16-28-29(12-6-14-32(28)43-50(46,47)23-25-9-5-10-26(38)21-25)33(24)48-34-30(13-7-18-39-34)31-17-19-40-35(42-31)41-27-11-8-20-44(22-27)36(45)49-37(2,3)4/h5-7,9-10,12-19,21,27,43H,8,11,20,22-23H2,1-4H3,(H,40,41,42)/t27-/m0/s1. The van der Waals surface area contributed by atoms with Gasteiger partial charge in [-0.3, -0.25) is 4.72 Å². The number of fused-ring (bicyclic) bond motifs is 1. The molecule has 0 radical (unpaired) electrons. The van der Waals surface area contributed by atoms with Gasteiger partial charge in [-0.05, 0) is 88.1 Å². The molecule has 1 aliphatic rings. The van der Waals surface area contributed by atoms with Crippen LogP contribution in [0.15, 0.2) is 85.2 Å². The fourth-order valence-corrected chi connectivity index (χ4v) is 7.24. The molecule has 0 bridgehead atoms. The summed E-state index contributed by atoms with van der Waals surface area (Å²) < 4.78 is 41.2. The van der Waals surface area contributed by atoms with Gasteiger partial charge in [0.05, 0.1) is 22.7 Å². The second-order valence-electron chi connectivity index (χ2n) is 13.2. The highest BCUT2D eigenvalue weighted by Crippen LogP contribution is 2.39.